The standard InChI is InChI=1S/C54H33N3O/c55-34-35-22-28-45-43(30-35)44-32-41(27-29-46(44)54(45)47-18-7-9-20-51(47)58-52-21-10-8-19-48(52)54)40-16-11-17-42(31-40)50-33-49(56-53(57-50)39-14-5-2-6-15-39)38-25-23-37(24-26-38)36-12-3-1-4-13-36/h1-33H. The highest BCUT2D eigenvalue weighted by Gasteiger charge is 2.51. The molecule has 1 spiro atoms. The minimum atomic E-state index is -0.602. The zero-order chi connectivity index (χ0) is 38.6. The van der Waals surface area contributed by atoms with Crippen molar-refractivity contribution in [3.63, 3.8) is 0 Å². The fourth-order valence-electron chi connectivity index (χ4n) is 8.94. The molecule has 0 N–H and O–H groups in total. The summed E-state index contributed by atoms with van der Waals surface area (Å²) in [5.41, 5.74) is 15.9. The quantitative estimate of drug-likeness (QED) is 0.176. The van der Waals surface area contributed by atoms with Gasteiger partial charge in [0.05, 0.1) is 28.4 Å². The number of fused-ring (bicyclic) bond motifs is 9. The monoisotopic (exact) mass is 739 g/mol. The van der Waals surface area contributed by atoms with E-state index in [1.807, 2.05) is 48.5 Å². The summed E-state index contributed by atoms with van der Waals surface area (Å²) in [5, 5.41) is 10.1. The van der Waals surface area contributed by atoms with Gasteiger partial charge in [0.15, 0.2) is 5.82 Å². The van der Waals surface area contributed by atoms with Gasteiger partial charge in [0.1, 0.15) is 11.5 Å². The van der Waals surface area contributed by atoms with Crippen LogP contribution in [0.15, 0.2) is 200 Å². The Kier molecular flexibility index (Phi) is 7.74. The first-order valence-electron chi connectivity index (χ1n) is 19.4. The molecule has 0 amide bonds. The van der Waals surface area contributed by atoms with Crippen LogP contribution in [0.3, 0.4) is 0 Å². The van der Waals surface area contributed by atoms with Crippen LogP contribution in [0.4, 0.5) is 0 Å². The number of ether oxygens (including phenoxy) is 1. The zero-order valence-corrected chi connectivity index (χ0v) is 31.3. The molecule has 0 saturated heterocycles. The lowest BCUT2D eigenvalue weighted by Crippen LogP contribution is -2.32. The Morgan fingerprint density at radius 2 is 0.879 bits per heavy atom. The van der Waals surface area contributed by atoms with Gasteiger partial charge in [-0.2, -0.15) is 5.26 Å². The molecule has 11 rings (SSSR count). The molecular formula is C54H33N3O. The third-order valence-corrected chi connectivity index (χ3v) is 11.6. The molecule has 9 aromatic rings. The summed E-state index contributed by atoms with van der Waals surface area (Å²) in [6.07, 6.45) is 0. The maximum absolute atomic E-state index is 10.1. The predicted molar refractivity (Wildman–Crippen MR) is 231 cm³/mol. The summed E-state index contributed by atoms with van der Waals surface area (Å²) in [4.78, 5) is 10.2. The molecule has 2 aliphatic rings. The highest BCUT2D eigenvalue weighted by Crippen LogP contribution is 2.62. The van der Waals surface area contributed by atoms with Crippen LogP contribution in [0.2, 0.25) is 0 Å². The van der Waals surface area contributed by atoms with Gasteiger partial charge in [-0.05, 0) is 87.0 Å². The van der Waals surface area contributed by atoms with E-state index in [2.05, 4.69) is 158 Å². The zero-order valence-electron chi connectivity index (χ0n) is 31.3. The van der Waals surface area contributed by atoms with Crippen molar-refractivity contribution in [2.45, 2.75) is 5.41 Å². The first-order valence-corrected chi connectivity index (χ1v) is 19.4. The van der Waals surface area contributed by atoms with Gasteiger partial charge in [-0.25, -0.2) is 9.97 Å². The van der Waals surface area contributed by atoms with Crippen molar-refractivity contribution in [3.8, 4) is 84.9 Å². The van der Waals surface area contributed by atoms with E-state index in [1.165, 1.54) is 11.1 Å². The van der Waals surface area contributed by atoms with E-state index in [1.54, 1.807) is 0 Å². The summed E-state index contributed by atoms with van der Waals surface area (Å²) in [6, 6.07) is 71.9. The van der Waals surface area contributed by atoms with Gasteiger partial charge in [0.2, 0.25) is 0 Å². The minimum Gasteiger partial charge on any atom is -0.457 e. The molecule has 0 atom stereocenters. The van der Waals surface area contributed by atoms with Crippen molar-refractivity contribution in [1.29, 1.82) is 5.26 Å². The number of benzene rings is 8. The largest absolute Gasteiger partial charge is 0.457 e. The molecule has 1 aliphatic carbocycles. The van der Waals surface area contributed by atoms with Crippen LogP contribution in [0, 0.1) is 11.3 Å². The van der Waals surface area contributed by atoms with Crippen LogP contribution in [0.25, 0.3) is 67.3 Å². The molecule has 0 fully saturated rings. The third kappa shape index (κ3) is 5.29. The van der Waals surface area contributed by atoms with Gasteiger partial charge in [0, 0.05) is 27.8 Å². The Balaban J connectivity index is 1.05. The molecule has 0 radical (unpaired) electrons. The highest BCUT2D eigenvalue weighted by molar-refractivity contribution is 5.91. The first kappa shape index (κ1) is 33.5. The Labute approximate surface area is 337 Å². The Bertz CT molecular complexity index is 3050. The van der Waals surface area contributed by atoms with Gasteiger partial charge in [-0.15, -0.1) is 0 Å². The average Bonchev–Trinajstić information content (AvgIpc) is 3.58. The molecule has 4 nitrogen and oxygen atoms in total. The Hall–Kier alpha value is -7.87. The number of nitrogens with zero attached hydrogens (tertiary/aromatic N) is 3. The van der Waals surface area contributed by atoms with E-state index < -0.39 is 5.41 Å². The van der Waals surface area contributed by atoms with Crippen LogP contribution in [-0.4, -0.2) is 9.97 Å². The van der Waals surface area contributed by atoms with Crippen molar-refractivity contribution in [2.75, 3.05) is 0 Å². The Morgan fingerprint density at radius 1 is 0.379 bits per heavy atom. The van der Waals surface area contributed by atoms with Crippen molar-refractivity contribution in [2.24, 2.45) is 0 Å². The van der Waals surface area contributed by atoms with E-state index in [0.29, 0.717) is 11.4 Å². The van der Waals surface area contributed by atoms with Crippen molar-refractivity contribution in [3.05, 3.63) is 228 Å². The summed E-state index contributed by atoms with van der Waals surface area (Å²) in [7, 11) is 0. The second-order valence-corrected chi connectivity index (χ2v) is 14.8. The maximum atomic E-state index is 10.1. The predicted octanol–water partition coefficient (Wildman–Crippen LogP) is 13.2. The lowest BCUT2D eigenvalue weighted by atomic mass is 9.66. The van der Waals surface area contributed by atoms with Gasteiger partial charge in [-0.1, -0.05) is 158 Å². The van der Waals surface area contributed by atoms with E-state index in [0.717, 1.165) is 84.1 Å². The summed E-state index contributed by atoms with van der Waals surface area (Å²) >= 11 is 0. The smallest absolute Gasteiger partial charge is 0.160 e. The fraction of sp³-hybridized carbons (Fsp3) is 0.0185. The fourth-order valence-corrected chi connectivity index (χ4v) is 8.94. The van der Waals surface area contributed by atoms with Gasteiger partial charge >= 0.3 is 0 Å². The lowest BCUT2D eigenvalue weighted by Gasteiger charge is -2.39. The molecule has 4 heteroatoms. The number of rotatable bonds is 5. The number of hydrogen-bond acceptors (Lipinski definition) is 4. The minimum absolute atomic E-state index is 0.602. The molecule has 2 heterocycles. The van der Waals surface area contributed by atoms with Gasteiger partial charge < -0.3 is 4.74 Å². The van der Waals surface area contributed by atoms with Crippen LogP contribution in [0.5, 0.6) is 11.5 Å². The molecule has 270 valence electrons. The van der Waals surface area contributed by atoms with Crippen molar-refractivity contribution < 1.29 is 4.74 Å². The SMILES string of the molecule is N#Cc1ccc2c(c1)-c1cc(-c3cccc(-c4cc(-c5ccc(-c6ccccc6)cc5)nc(-c5ccccc5)n4)c3)ccc1C21c2ccccc2Oc2ccccc21. The van der Waals surface area contributed by atoms with Crippen LogP contribution >= 0.6 is 0 Å². The number of nitriles is 1. The second-order valence-electron chi connectivity index (χ2n) is 14.8. The molecule has 0 bridgehead atoms. The molecule has 0 saturated carbocycles. The number of aromatic nitrogens is 2. The van der Waals surface area contributed by atoms with Gasteiger partial charge in [-0.3, -0.25) is 0 Å². The lowest BCUT2D eigenvalue weighted by molar-refractivity contribution is 0.436. The summed E-state index contributed by atoms with van der Waals surface area (Å²) in [5.74, 6) is 2.36. The molecule has 8 aromatic carbocycles. The number of para-hydroxylation sites is 2. The highest BCUT2D eigenvalue weighted by atomic mass is 16.5. The maximum Gasteiger partial charge on any atom is 0.160 e. The van der Waals surface area contributed by atoms with Crippen LogP contribution in [0.1, 0.15) is 27.8 Å². The molecule has 0 unspecified atom stereocenters. The third-order valence-electron chi connectivity index (χ3n) is 11.6. The molecule has 58 heavy (non-hydrogen) atoms. The van der Waals surface area contributed by atoms with Crippen LogP contribution in [-0.2, 0) is 5.41 Å². The average molecular weight is 740 g/mol. The normalized spacial score (nSPS) is 12.7. The van der Waals surface area contributed by atoms with Crippen molar-refractivity contribution in [1.82, 2.24) is 9.97 Å². The van der Waals surface area contributed by atoms with E-state index in [-0.39, 0.29) is 0 Å². The van der Waals surface area contributed by atoms with E-state index in [4.69, 9.17) is 14.7 Å². The first-order chi connectivity index (χ1) is 28.7. The Morgan fingerprint density at radius 3 is 1.57 bits per heavy atom. The van der Waals surface area contributed by atoms with Crippen molar-refractivity contribution >= 4 is 0 Å². The van der Waals surface area contributed by atoms with Gasteiger partial charge in [0.25, 0.3) is 0 Å². The van der Waals surface area contributed by atoms with E-state index in [9.17, 15) is 5.26 Å². The topological polar surface area (TPSA) is 58.8 Å². The molecule has 1 aliphatic heterocycles. The van der Waals surface area contributed by atoms with Crippen LogP contribution < -0.4 is 4.74 Å². The number of hydrogen-bond donors (Lipinski definition) is 0. The second kappa shape index (κ2) is 13.4. The summed E-state index contributed by atoms with van der Waals surface area (Å²) < 4.78 is 6.52. The summed E-state index contributed by atoms with van der Waals surface area (Å²) in [6.45, 7) is 0. The molecular weight excluding hydrogens is 707 g/mol. The van der Waals surface area contributed by atoms with E-state index >= 15 is 0 Å². The molecule has 1 aromatic heterocycles.